The quantitative estimate of drug-likeness (QED) is 0.610. The van der Waals surface area contributed by atoms with Crippen molar-refractivity contribution in [3.05, 3.63) is 66.7 Å². The molecule has 0 fully saturated rings. The Kier molecular flexibility index (Phi) is 5.52. The van der Waals surface area contributed by atoms with Gasteiger partial charge in [0.15, 0.2) is 0 Å². The molecule has 0 heterocycles. The molecular weight excluding hydrogens is 420 g/mol. The SMILES string of the molecule is Cc1cccc(C(=O)N(C)Cc2ccc(Cl)c(Cl)c2)c1I. The Balaban J connectivity index is 2.19. The molecule has 0 N–H and O–H groups in total. The number of hydrogen-bond donors (Lipinski definition) is 0. The van der Waals surface area contributed by atoms with Crippen molar-refractivity contribution in [2.75, 3.05) is 7.05 Å². The summed E-state index contributed by atoms with van der Waals surface area (Å²) in [6.45, 7) is 2.48. The van der Waals surface area contributed by atoms with Gasteiger partial charge in [-0.3, -0.25) is 4.79 Å². The molecule has 1 amide bonds. The molecular formula is C16H14Cl2INO. The molecule has 0 unspecified atom stereocenters. The fourth-order valence-electron chi connectivity index (χ4n) is 2.00. The molecule has 0 aliphatic heterocycles. The molecule has 0 spiro atoms. The maximum absolute atomic E-state index is 12.5. The van der Waals surface area contributed by atoms with Crippen molar-refractivity contribution in [3.63, 3.8) is 0 Å². The summed E-state index contributed by atoms with van der Waals surface area (Å²) in [5.74, 6) is -0.00540. The number of rotatable bonds is 3. The molecule has 0 saturated heterocycles. The molecule has 2 rings (SSSR count). The van der Waals surface area contributed by atoms with Crippen LogP contribution in [-0.2, 0) is 6.54 Å². The van der Waals surface area contributed by atoms with Crippen molar-refractivity contribution in [3.8, 4) is 0 Å². The van der Waals surface area contributed by atoms with E-state index in [1.165, 1.54) is 0 Å². The summed E-state index contributed by atoms with van der Waals surface area (Å²) in [6, 6.07) is 11.2. The smallest absolute Gasteiger partial charge is 0.254 e. The van der Waals surface area contributed by atoms with Crippen molar-refractivity contribution >= 4 is 51.7 Å². The lowest BCUT2D eigenvalue weighted by molar-refractivity contribution is 0.0784. The zero-order valence-electron chi connectivity index (χ0n) is 11.7. The van der Waals surface area contributed by atoms with Crippen molar-refractivity contribution in [2.45, 2.75) is 13.5 Å². The van der Waals surface area contributed by atoms with Gasteiger partial charge in [0.25, 0.3) is 5.91 Å². The second-order valence-corrected chi connectivity index (χ2v) is 6.74. The van der Waals surface area contributed by atoms with Crippen LogP contribution in [0.4, 0.5) is 0 Å². The number of amides is 1. The van der Waals surface area contributed by atoms with Gasteiger partial charge < -0.3 is 4.90 Å². The third-order valence-corrected chi connectivity index (χ3v) is 5.34. The Morgan fingerprint density at radius 3 is 2.57 bits per heavy atom. The molecule has 21 heavy (non-hydrogen) atoms. The molecule has 0 aromatic heterocycles. The van der Waals surface area contributed by atoms with Crippen LogP contribution in [0, 0.1) is 10.5 Å². The third-order valence-electron chi connectivity index (χ3n) is 3.17. The van der Waals surface area contributed by atoms with Crippen LogP contribution in [-0.4, -0.2) is 17.9 Å². The van der Waals surface area contributed by atoms with E-state index in [0.29, 0.717) is 16.6 Å². The molecule has 0 bridgehead atoms. The van der Waals surface area contributed by atoms with Gasteiger partial charge in [-0.25, -0.2) is 0 Å². The Morgan fingerprint density at radius 2 is 1.90 bits per heavy atom. The van der Waals surface area contributed by atoms with Crippen molar-refractivity contribution in [1.29, 1.82) is 0 Å². The molecule has 110 valence electrons. The van der Waals surface area contributed by atoms with E-state index in [-0.39, 0.29) is 5.91 Å². The monoisotopic (exact) mass is 433 g/mol. The number of carbonyl (C=O) groups is 1. The summed E-state index contributed by atoms with van der Waals surface area (Å²) in [6.07, 6.45) is 0. The summed E-state index contributed by atoms with van der Waals surface area (Å²) in [5, 5.41) is 1.02. The van der Waals surface area contributed by atoms with E-state index >= 15 is 0 Å². The number of hydrogen-bond acceptors (Lipinski definition) is 1. The van der Waals surface area contributed by atoms with Crippen molar-refractivity contribution in [1.82, 2.24) is 4.90 Å². The number of halogens is 3. The number of nitrogens with zero attached hydrogens (tertiary/aromatic N) is 1. The lowest BCUT2D eigenvalue weighted by atomic mass is 10.1. The standard InChI is InChI=1S/C16H14Cl2INO/c1-10-4-3-5-12(15(10)19)16(21)20(2)9-11-6-7-13(17)14(18)8-11/h3-8H,9H2,1-2H3. The average Bonchev–Trinajstić information content (AvgIpc) is 2.45. The number of aryl methyl sites for hydroxylation is 1. The van der Waals surface area contributed by atoms with E-state index < -0.39 is 0 Å². The molecule has 0 aliphatic carbocycles. The highest BCUT2D eigenvalue weighted by molar-refractivity contribution is 14.1. The fraction of sp³-hybridized carbons (Fsp3) is 0.188. The molecule has 2 nitrogen and oxygen atoms in total. The second kappa shape index (κ2) is 6.99. The van der Waals surface area contributed by atoms with E-state index in [9.17, 15) is 4.79 Å². The normalized spacial score (nSPS) is 10.5. The van der Waals surface area contributed by atoms with Gasteiger partial charge in [-0.05, 0) is 58.8 Å². The van der Waals surface area contributed by atoms with E-state index in [4.69, 9.17) is 23.2 Å². The minimum Gasteiger partial charge on any atom is -0.337 e. The number of benzene rings is 2. The first-order valence-electron chi connectivity index (χ1n) is 6.34. The van der Waals surface area contributed by atoms with Crippen LogP contribution >= 0.6 is 45.8 Å². The Morgan fingerprint density at radius 1 is 1.19 bits per heavy atom. The van der Waals surface area contributed by atoms with Crippen molar-refractivity contribution < 1.29 is 4.79 Å². The highest BCUT2D eigenvalue weighted by atomic mass is 127. The van der Waals surface area contributed by atoms with Crippen LogP contribution in [0.3, 0.4) is 0 Å². The molecule has 0 aliphatic rings. The molecule has 2 aromatic rings. The highest BCUT2D eigenvalue weighted by Crippen LogP contribution is 2.24. The minimum atomic E-state index is -0.00540. The lowest BCUT2D eigenvalue weighted by Gasteiger charge is -2.19. The van der Waals surface area contributed by atoms with Crippen LogP contribution < -0.4 is 0 Å². The Hall–Kier alpha value is -0.780. The zero-order chi connectivity index (χ0) is 15.6. The predicted octanol–water partition coefficient (Wildman–Crippen LogP) is 5.18. The van der Waals surface area contributed by atoms with Gasteiger partial charge >= 0.3 is 0 Å². The second-order valence-electron chi connectivity index (χ2n) is 4.85. The maximum atomic E-state index is 12.5. The van der Waals surface area contributed by atoms with Gasteiger partial charge in [-0.2, -0.15) is 0 Å². The fourth-order valence-corrected chi connectivity index (χ4v) is 2.91. The van der Waals surface area contributed by atoms with Gasteiger partial charge in [0, 0.05) is 17.2 Å². The van der Waals surface area contributed by atoms with E-state index in [1.54, 1.807) is 24.1 Å². The third kappa shape index (κ3) is 3.90. The molecule has 2 aromatic carbocycles. The molecule has 0 atom stereocenters. The van der Waals surface area contributed by atoms with E-state index in [0.717, 1.165) is 20.3 Å². The number of carbonyl (C=O) groups excluding carboxylic acids is 1. The Bertz CT molecular complexity index is 688. The summed E-state index contributed by atoms with van der Waals surface area (Å²) in [5.41, 5.74) is 2.77. The van der Waals surface area contributed by atoms with Gasteiger partial charge in [-0.1, -0.05) is 41.4 Å². The van der Waals surface area contributed by atoms with Crippen LogP contribution in [0.1, 0.15) is 21.5 Å². The van der Waals surface area contributed by atoms with Crippen LogP contribution in [0.25, 0.3) is 0 Å². The topological polar surface area (TPSA) is 20.3 Å². The predicted molar refractivity (Wildman–Crippen MR) is 96.2 cm³/mol. The Labute approximate surface area is 148 Å². The van der Waals surface area contributed by atoms with Gasteiger partial charge in [-0.15, -0.1) is 0 Å². The maximum Gasteiger partial charge on any atom is 0.254 e. The largest absolute Gasteiger partial charge is 0.337 e. The van der Waals surface area contributed by atoms with Crippen LogP contribution in [0.2, 0.25) is 10.0 Å². The van der Waals surface area contributed by atoms with Gasteiger partial charge in [0.1, 0.15) is 0 Å². The van der Waals surface area contributed by atoms with E-state index in [1.807, 2.05) is 31.2 Å². The molecule has 5 heteroatoms. The van der Waals surface area contributed by atoms with E-state index in [2.05, 4.69) is 22.6 Å². The molecule has 0 radical (unpaired) electrons. The lowest BCUT2D eigenvalue weighted by Crippen LogP contribution is -2.27. The first kappa shape index (κ1) is 16.6. The van der Waals surface area contributed by atoms with Gasteiger partial charge in [0.2, 0.25) is 0 Å². The first-order chi connectivity index (χ1) is 9.90. The van der Waals surface area contributed by atoms with Gasteiger partial charge in [0.05, 0.1) is 15.6 Å². The molecule has 0 saturated carbocycles. The summed E-state index contributed by atoms with van der Waals surface area (Å²) < 4.78 is 0.987. The van der Waals surface area contributed by atoms with Crippen LogP contribution in [0.15, 0.2) is 36.4 Å². The average molecular weight is 434 g/mol. The van der Waals surface area contributed by atoms with Crippen molar-refractivity contribution in [2.24, 2.45) is 0 Å². The highest BCUT2D eigenvalue weighted by Gasteiger charge is 2.16. The summed E-state index contributed by atoms with van der Waals surface area (Å²) in [4.78, 5) is 14.2. The minimum absolute atomic E-state index is 0.00540. The summed E-state index contributed by atoms with van der Waals surface area (Å²) >= 11 is 14.1. The summed E-state index contributed by atoms with van der Waals surface area (Å²) in [7, 11) is 1.78. The van der Waals surface area contributed by atoms with Crippen LogP contribution in [0.5, 0.6) is 0 Å². The first-order valence-corrected chi connectivity index (χ1v) is 8.18. The zero-order valence-corrected chi connectivity index (χ0v) is 15.3.